The van der Waals surface area contributed by atoms with Gasteiger partial charge in [-0.05, 0) is 63.2 Å². The number of rotatable bonds is 2. The third kappa shape index (κ3) is 2.20. The van der Waals surface area contributed by atoms with Gasteiger partial charge in [0.15, 0.2) is 5.17 Å². The van der Waals surface area contributed by atoms with Crippen LogP contribution < -0.4 is 5.32 Å². The summed E-state index contributed by atoms with van der Waals surface area (Å²) in [4.78, 5) is 11.4. The third-order valence-corrected chi connectivity index (χ3v) is 6.43. The van der Waals surface area contributed by atoms with Crippen LogP contribution in [0.25, 0.3) is 0 Å². The fourth-order valence-corrected chi connectivity index (χ4v) is 5.80. The predicted octanol–water partition coefficient (Wildman–Crippen LogP) is 2.80. The molecule has 5 fully saturated rings. The smallest absolute Gasteiger partial charge is 0.239 e. The van der Waals surface area contributed by atoms with E-state index in [9.17, 15) is 4.79 Å². The van der Waals surface area contributed by atoms with Crippen LogP contribution in [0.1, 0.15) is 45.4 Å². The molecule has 108 valence electrons. The topological polar surface area (TPSA) is 53.8 Å². The maximum Gasteiger partial charge on any atom is 0.239 e. The summed E-state index contributed by atoms with van der Waals surface area (Å²) in [7, 11) is 0. The van der Waals surface area contributed by atoms with E-state index < -0.39 is 0 Å². The van der Waals surface area contributed by atoms with Crippen LogP contribution in [-0.4, -0.2) is 22.5 Å². The first kappa shape index (κ1) is 12.9. The maximum atomic E-state index is 11.4. The molecule has 0 aromatic carbocycles. The highest BCUT2D eigenvalue weighted by Gasteiger charge is 2.50. The fraction of sp³-hybridized carbons (Fsp3) is 0.800. The first-order valence-electron chi connectivity index (χ1n) is 7.72. The molecule has 1 heterocycles. The average molecular weight is 291 g/mol. The van der Waals surface area contributed by atoms with Crippen molar-refractivity contribution in [2.45, 2.75) is 50.7 Å². The molecule has 20 heavy (non-hydrogen) atoms. The number of amidine groups is 1. The van der Waals surface area contributed by atoms with Gasteiger partial charge in [-0.3, -0.25) is 4.79 Å². The van der Waals surface area contributed by atoms with Gasteiger partial charge in [0.25, 0.3) is 0 Å². The number of nitrogens with zero attached hydrogens (tertiary/aromatic N) is 2. The molecular formula is C15H21N3OS. The fourth-order valence-electron chi connectivity index (χ4n) is 5.05. The Morgan fingerprint density at radius 3 is 2.30 bits per heavy atom. The molecule has 1 saturated heterocycles. The molecule has 1 atom stereocenters. The van der Waals surface area contributed by atoms with Gasteiger partial charge in [0, 0.05) is 11.6 Å². The van der Waals surface area contributed by atoms with Crippen molar-refractivity contribution in [1.82, 2.24) is 5.32 Å². The van der Waals surface area contributed by atoms with Gasteiger partial charge in [-0.15, -0.1) is 5.10 Å². The second-order valence-electron chi connectivity index (χ2n) is 7.18. The zero-order valence-electron chi connectivity index (χ0n) is 11.8. The van der Waals surface area contributed by atoms with E-state index in [0.717, 1.165) is 17.8 Å². The Hall–Kier alpha value is -0.840. The van der Waals surface area contributed by atoms with E-state index in [1.165, 1.54) is 50.3 Å². The van der Waals surface area contributed by atoms with Gasteiger partial charge in [0.1, 0.15) is 0 Å². The van der Waals surface area contributed by atoms with Crippen molar-refractivity contribution in [1.29, 1.82) is 0 Å². The van der Waals surface area contributed by atoms with Crippen LogP contribution in [0.3, 0.4) is 0 Å². The van der Waals surface area contributed by atoms with Crippen LogP contribution in [0.5, 0.6) is 0 Å². The van der Waals surface area contributed by atoms with Gasteiger partial charge in [-0.1, -0.05) is 11.8 Å². The first-order valence-corrected chi connectivity index (χ1v) is 8.60. The number of nitrogens with one attached hydrogen (secondary N) is 1. The Bertz CT molecular complexity index is 464. The lowest BCUT2D eigenvalue weighted by molar-refractivity contribution is -0.118. The Morgan fingerprint density at radius 1 is 1.20 bits per heavy atom. The standard InChI is InChI=1S/C15H21N3OS/c1-9-13(19)17-14(20-9)18-16-8-15-5-10-2-11(6-15)4-12(3-10)7-15/h8-12H,2-7H2,1H3,(H,17,18,19)/b16-8-. The molecule has 1 aliphatic heterocycles. The number of carbonyl (C=O) groups excluding carboxylic acids is 1. The van der Waals surface area contributed by atoms with Gasteiger partial charge >= 0.3 is 0 Å². The highest BCUT2D eigenvalue weighted by Crippen LogP contribution is 2.59. The summed E-state index contributed by atoms with van der Waals surface area (Å²) in [6.07, 6.45) is 10.4. The van der Waals surface area contributed by atoms with Crippen LogP contribution in [-0.2, 0) is 4.79 Å². The molecule has 1 N–H and O–H groups in total. The minimum absolute atomic E-state index is 0.0384. The molecule has 5 rings (SSSR count). The molecule has 4 bridgehead atoms. The highest BCUT2D eigenvalue weighted by molar-refractivity contribution is 8.15. The summed E-state index contributed by atoms with van der Waals surface area (Å²) in [5.74, 6) is 2.83. The lowest BCUT2D eigenvalue weighted by Crippen LogP contribution is -2.46. The van der Waals surface area contributed by atoms with Gasteiger partial charge < -0.3 is 5.32 Å². The second kappa shape index (κ2) is 4.58. The van der Waals surface area contributed by atoms with Crippen molar-refractivity contribution < 1.29 is 4.79 Å². The molecule has 5 heteroatoms. The normalized spacial score (nSPS) is 48.5. The monoisotopic (exact) mass is 291 g/mol. The van der Waals surface area contributed by atoms with Gasteiger partial charge in [-0.2, -0.15) is 5.10 Å². The molecule has 1 amide bonds. The van der Waals surface area contributed by atoms with Crippen molar-refractivity contribution >= 4 is 29.1 Å². The van der Waals surface area contributed by atoms with Crippen molar-refractivity contribution in [3.63, 3.8) is 0 Å². The van der Waals surface area contributed by atoms with Gasteiger partial charge in [0.2, 0.25) is 5.91 Å². The molecular weight excluding hydrogens is 270 g/mol. The van der Waals surface area contributed by atoms with E-state index in [1.54, 1.807) is 0 Å². The quantitative estimate of drug-likeness (QED) is 0.628. The van der Waals surface area contributed by atoms with Gasteiger partial charge in [-0.25, -0.2) is 0 Å². The van der Waals surface area contributed by atoms with E-state index in [1.807, 2.05) is 6.92 Å². The summed E-state index contributed by atoms with van der Waals surface area (Å²) >= 11 is 1.47. The Balaban J connectivity index is 1.48. The molecule has 4 saturated carbocycles. The molecule has 1 unspecified atom stereocenters. The SMILES string of the molecule is CC1S/C(=N\N=C/C23CC4CC(CC(C4)C2)C3)NC1=O. The van der Waals surface area contributed by atoms with Crippen molar-refractivity contribution in [3.05, 3.63) is 0 Å². The molecule has 5 aliphatic rings. The van der Waals surface area contributed by atoms with Crippen molar-refractivity contribution in [2.24, 2.45) is 33.4 Å². The summed E-state index contributed by atoms with van der Waals surface area (Å²) in [6.45, 7) is 1.89. The summed E-state index contributed by atoms with van der Waals surface area (Å²) in [5.41, 5.74) is 0.317. The summed E-state index contributed by atoms with van der Waals surface area (Å²) < 4.78 is 0. The summed E-state index contributed by atoms with van der Waals surface area (Å²) in [6, 6.07) is 0. The Morgan fingerprint density at radius 2 is 1.80 bits per heavy atom. The lowest BCUT2D eigenvalue weighted by Gasteiger charge is -2.55. The van der Waals surface area contributed by atoms with Crippen LogP contribution in [0.4, 0.5) is 0 Å². The molecule has 0 aromatic rings. The zero-order chi connectivity index (χ0) is 13.7. The Labute approximate surface area is 123 Å². The van der Waals surface area contributed by atoms with E-state index in [-0.39, 0.29) is 11.2 Å². The van der Waals surface area contributed by atoms with Crippen LogP contribution in [0, 0.1) is 23.2 Å². The van der Waals surface area contributed by atoms with E-state index in [4.69, 9.17) is 0 Å². The number of hydrogen-bond donors (Lipinski definition) is 1. The molecule has 4 aliphatic carbocycles. The number of amides is 1. The summed E-state index contributed by atoms with van der Waals surface area (Å²) in [5, 5.41) is 11.9. The molecule has 0 radical (unpaired) electrons. The highest BCUT2D eigenvalue weighted by atomic mass is 32.2. The van der Waals surface area contributed by atoms with E-state index in [0.29, 0.717) is 10.6 Å². The molecule has 0 spiro atoms. The van der Waals surface area contributed by atoms with Crippen LogP contribution in [0.15, 0.2) is 10.2 Å². The van der Waals surface area contributed by atoms with E-state index in [2.05, 4.69) is 21.7 Å². The minimum atomic E-state index is -0.0384. The van der Waals surface area contributed by atoms with Crippen LogP contribution >= 0.6 is 11.8 Å². The van der Waals surface area contributed by atoms with Gasteiger partial charge in [0.05, 0.1) is 5.25 Å². The van der Waals surface area contributed by atoms with Crippen LogP contribution in [0.2, 0.25) is 0 Å². The third-order valence-electron chi connectivity index (χ3n) is 5.45. The molecule has 0 aromatic heterocycles. The number of thioether (sulfide) groups is 1. The first-order chi connectivity index (χ1) is 9.62. The number of hydrogen-bond acceptors (Lipinski definition) is 4. The number of carbonyl (C=O) groups is 1. The zero-order valence-corrected chi connectivity index (χ0v) is 12.7. The maximum absolute atomic E-state index is 11.4. The Kier molecular flexibility index (Phi) is 2.95. The minimum Gasteiger partial charge on any atom is -0.303 e. The average Bonchev–Trinajstić information content (AvgIpc) is 2.66. The largest absolute Gasteiger partial charge is 0.303 e. The van der Waals surface area contributed by atoms with Crippen molar-refractivity contribution in [2.75, 3.05) is 0 Å². The van der Waals surface area contributed by atoms with E-state index >= 15 is 0 Å². The predicted molar refractivity (Wildman–Crippen MR) is 81.7 cm³/mol. The van der Waals surface area contributed by atoms with Crippen molar-refractivity contribution in [3.8, 4) is 0 Å². The second-order valence-corrected chi connectivity index (χ2v) is 8.51. The lowest BCUT2D eigenvalue weighted by atomic mass is 9.50. The molecule has 4 nitrogen and oxygen atoms in total.